The van der Waals surface area contributed by atoms with Gasteiger partial charge in [-0.15, -0.1) is 0 Å². The zero-order valence-electron chi connectivity index (χ0n) is 19.3. The van der Waals surface area contributed by atoms with Gasteiger partial charge in [-0.3, -0.25) is 0 Å². The molecule has 3 aromatic rings. The monoisotopic (exact) mass is 479 g/mol. The Kier molecular flexibility index (Phi) is 5.14. The van der Waals surface area contributed by atoms with E-state index in [2.05, 4.69) is 39.4 Å². The Morgan fingerprint density at radius 3 is 2.56 bits per heavy atom. The van der Waals surface area contributed by atoms with E-state index in [0.717, 1.165) is 85.1 Å². The third-order valence-corrected chi connectivity index (χ3v) is 9.42. The third-order valence-electron chi connectivity index (χ3n) is 7.31. The summed E-state index contributed by atoms with van der Waals surface area (Å²) in [6, 6.07) is 12.3. The van der Waals surface area contributed by atoms with Gasteiger partial charge in [-0.2, -0.15) is 0 Å². The molecule has 3 saturated heterocycles. The van der Waals surface area contributed by atoms with Gasteiger partial charge in [0.25, 0.3) is 0 Å². The Morgan fingerprint density at radius 2 is 1.85 bits per heavy atom. The highest BCUT2D eigenvalue weighted by molar-refractivity contribution is 7.92. The number of anilines is 2. The highest BCUT2D eigenvalue weighted by Crippen LogP contribution is 2.44. The SMILES string of the molecule is COc1ccc2c(N3CCC4(C3)CS(=O)(=O)C4)cc(-c3ccc(N4CCNCC4)nc3)nc2c1. The first-order valence-electron chi connectivity index (χ1n) is 11.8. The number of nitrogens with zero attached hydrogens (tertiary/aromatic N) is 4. The fraction of sp³-hybridized carbons (Fsp3) is 0.440. The first-order chi connectivity index (χ1) is 16.4. The molecule has 0 amide bonds. The van der Waals surface area contributed by atoms with Gasteiger partial charge in [-0.25, -0.2) is 18.4 Å². The molecular weight excluding hydrogens is 450 g/mol. The van der Waals surface area contributed by atoms with E-state index in [9.17, 15) is 8.42 Å². The molecule has 0 bridgehead atoms. The Bertz CT molecular complexity index is 1320. The molecule has 3 aliphatic rings. The van der Waals surface area contributed by atoms with Crippen LogP contribution in [-0.2, 0) is 9.84 Å². The van der Waals surface area contributed by atoms with Gasteiger partial charge in [0.05, 0.1) is 29.8 Å². The molecule has 0 saturated carbocycles. The molecule has 1 aromatic carbocycles. The Labute approximate surface area is 199 Å². The van der Waals surface area contributed by atoms with Crippen molar-refractivity contribution in [2.75, 3.05) is 67.7 Å². The number of hydrogen-bond acceptors (Lipinski definition) is 8. The molecule has 9 heteroatoms. The first-order valence-corrected chi connectivity index (χ1v) is 13.6. The highest BCUT2D eigenvalue weighted by Gasteiger charge is 2.52. The van der Waals surface area contributed by atoms with Crippen LogP contribution in [0.3, 0.4) is 0 Å². The van der Waals surface area contributed by atoms with E-state index < -0.39 is 9.84 Å². The fourth-order valence-corrected chi connectivity index (χ4v) is 7.86. The maximum atomic E-state index is 11.9. The average Bonchev–Trinajstić information content (AvgIpc) is 3.27. The lowest BCUT2D eigenvalue weighted by molar-refractivity contribution is 0.374. The van der Waals surface area contributed by atoms with Crippen molar-refractivity contribution in [1.29, 1.82) is 0 Å². The van der Waals surface area contributed by atoms with E-state index in [0.29, 0.717) is 11.5 Å². The van der Waals surface area contributed by atoms with Crippen LogP contribution in [0.15, 0.2) is 42.6 Å². The number of pyridine rings is 2. The maximum absolute atomic E-state index is 11.9. The van der Waals surface area contributed by atoms with E-state index in [1.807, 2.05) is 18.3 Å². The summed E-state index contributed by atoms with van der Waals surface area (Å²) in [7, 11) is -1.21. The van der Waals surface area contributed by atoms with Crippen LogP contribution in [0.1, 0.15) is 6.42 Å². The Balaban J connectivity index is 1.37. The summed E-state index contributed by atoms with van der Waals surface area (Å²) in [6.45, 7) is 5.46. The predicted octanol–water partition coefficient (Wildman–Crippen LogP) is 2.34. The van der Waals surface area contributed by atoms with Crippen molar-refractivity contribution in [2.24, 2.45) is 5.41 Å². The number of nitrogens with one attached hydrogen (secondary N) is 1. The van der Waals surface area contributed by atoms with Gasteiger partial charge in [0, 0.05) is 73.6 Å². The van der Waals surface area contributed by atoms with E-state index >= 15 is 0 Å². The number of hydrogen-bond donors (Lipinski definition) is 1. The van der Waals surface area contributed by atoms with Gasteiger partial charge >= 0.3 is 0 Å². The molecule has 0 radical (unpaired) electrons. The Morgan fingerprint density at radius 1 is 1.03 bits per heavy atom. The molecule has 2 aromatic heterocycles. The number of aromatic nitrogens is 2. The normalized spacial score (nSPS) is 21.1. The number of rotatable bonds is 4. The highest BCUT2D eigenvalue weighted by atomic mass is 32.2. The molecule has 3 fully saturated rings. The lowest BCUT2D eigenvalue weighted by Crippen LogP contribution is -2.50. The van der Waals surface area contributed by atoms with Crippen molar-refractivity contribution in [3.63, 3.8) is 0 Å². The Hall–Kier alpha value is -2.91. The molecule has 0 aliphatic carbocycles. The van der Waals surface area contributed by atoms with E-state index in [1.165, 1.54) is 0 Å². The summed E-state index contributed by atoms with van der Waals surface area (Å²) < 4.78 is 29.3. The van der Waals surface area contributed by atoms with E-state index in [-0.39, 0.29) is 5.41 Å². The summed E-state index contributed by atoms with van der Waals surface area (Å²) in [4.78, 5) is 14.3. The first kappa shape index (κ1) is 21.6. The molecule has 1 N–H and O–H groups in total. The van der Waals surface area contributed by atoms with E-state index in [4.69, 9.17) is 14.7 Å². The molecule has 8 nitrogen and oxygen atoms in total. The molecule has 6 rings (SSSR count). The van der Waals surface area contributed by atoms with Gasteiger partial charge in [0.2, 0.25) is 0 Å². The number of benzene rings is 1. The predicted molar refractivity (Wildman–Crippen MR) is 135 cm³/mol. The molecule has 34 heavy (non-hydrogen) atoms. The molecular formula is C25H29N5O3S. The zero-order chi connectivity index (χ0) is 23.3. The van der Waals surface area contributed by atoms with E-state index in [1.54, 1.807) is 7.11 Å². The molecule has 178 valence electrons. The summed E-state index contributed by atoms with van der Waals surface area (Å²) in [5.74, 6) is 2.36. The van der Waals surface area contributed by atoms with Crippen molar-refractivity contribution in [3.8, 4) is 17.0 Å². The number of piperazine rings is 1. The third kappa shape index (κ3) is 3.86. The molecule has 0 atom stereocenters. The van der Waals surface area contributed by atoms with Crippen LogP contribution in [-0.4, -0.2) is 76.3 Å². The lowest BCUT2D eigenvalue weighted by atomic mass is 9.91. The molecule has 1 spiro atoms. The summed E-state index contributed by atoms with van der Waals surface area (Å²) in [5.41, 5.74) is 3.67. The van der Waals surface area contributed by atoms with Gasteiger partial charge in [-0.05, 0) is 36.8 Å². The summed E-state index contributed by atoms with van der Waals surface area (Å²) in [6.07, 6.45) is 2.81. The number of sulfone groups is 1. The number of ether oxygens (including phenoxy) is 1. The maximum Gasteiger partial charge on any atom is 0.151 e. The van der Waals surface area contributed by atoms with Gasteiger partial charge in [0.15, 0.2) is 9.84 Å². The second kappa shape index (κ2) is 8.09. The second-order valence-corrected chi connectivity index (χ2v) is 11.8. The molecule has 0 unspecified atom stereocenters. The lowest BCUT2D eigenvalue weighted by Gasteiger charge is -2.37. The van der Waals surface area contributed by atoms with Gasteiger partial charge < -0.3 is 19.9 Å². The van der Waals surface area contributed by atoms with Crippen LogP contribution in [0.4, 0.5) is 11.5 Å². The number of methoxy groups -OCH3 is 1. The van der Waals surface area contributed by atoms with Crippen LogP contribution in [0.25, 0.3) is 22.2 Å². The molecule has 3 aliphatic heterocycles. The van der Waals surface area contributed by atoms with Crippen molar-refractivity contribution < 1.29 is 13.2 Å². The van der Waals surface area contributed by atoms with Crippen LogP contribution in [0.5, 0.6) is 5.75 Å². The standard InChI is InChI=1S/C25H29N5O3S/c1-33-19-3-4-20-22(12-19)28-21(18-2-5-24(27-14-18)29-10-7-26-8-11-29)13-23(20)30-9-6-25(15-30)16-34(31,32)17-25/h2-5,12-14,26H,6-11,15-17H2,1H3. The number of fused-ring (bicyclic) bond motifs is 1. The minimum Gasteiger partial charge on any atom is -0.497 e. The van der Waals surface area contributed by atoms with Gasteiger partial charge in [0.1, 0.15) is 11.6 Å². The van der Waals surface area contributed by atoms with Crippen molar-refractivity contribution in [1.82, 2.24) is 15.3 Å². The largest absolute Gasteiger partial charge is 0.497 e. The smallest absolute Gasteiger partial charge is 0.151 e. The summed E-state index contributed by atoms with van der Waals surface area (Å²) >= 11 is 0. The summed E-state index contributed by atoms with van der Waals surface area (Å²) in [5, 5.41) is 4.42. The van der Waals surface area contributed by atoms with Crippen molar-refractivity contribution in [3.05, 3.63) is 42.6 Å². The van der Waals surface area contributed by atoms with Crippen molar-refractivity contribution in [2.45, 2.75) is 6.42 Å². The van der Waals surface area contributed by atoms with Gasteiger partial charge in [-0.1, -0.05) is 0 Å². The minimum absolute atomic E-state index is 0.104. The quantitative estimate of drug-likeness (QED) is 0.610. The van der Waals surface area contributed by atoms with Crippen LogP contribution in [0.2, 0.25) is 0 Å². The van der Waals surface area contributed by atoms with Crippen LogP contribution < -0.4 is 19.9 Å². The van der Waals surface area contributed by atoms with Crippen molar-refractivity contribution >= 4 is 32.2 Å². The minimum atomic E-state index is -2.87. The van der Waals surface area contributed by atoms with Crippen LogP contribution in [0, 0.1) is 5.41 Å². The second-order valence-electron chi connectivity index (χ2n) is 9.76. The fourth-order valence-electron chi connectivity index (χ4n) is 5.61. The average molecular weight is 480 g/mol. The van der Waals surface area contributed by atoms with Crippen LogP contribution >= 0.6 is 0 Å². The topological polar surface area (TPSA) is 87.7 Å². The molecule has 5 heterocycles. The zero-order valence-corrected chi connectivity index (χ0v) is 20.1.